The predicted octanol–water partition coefficient (Wildman–Crippen LogP) is 4.99. The topological polar surface area (TPSA) is 92.3 Å². The maximum absolute atomic E-state index is 12.9. The zero-order chi connectivity index (χ0) is 27.1. The van der Waals surface area contributed by atoms with Crippen LogP contribution in [-0.4, -0.2) is 30.8 Å². The summed E-state index contributed by atoms with van der Waals surface area (Å²) in [5, 5.41) is 1.26. The van der Waals surface area contributed by atoms with Crippen LogP contribution in [0.25, 0.3) is 0 Å². The van der Waals surface area contributed by atoms with Gasteiger partial charge in [-0.25, -0.2) is 18.1 Å². The molecule has 0 aliphatic carbocycles. The smallest absolute Gasteiger partial charge is 0.284 e. The van der Waals surface area contributed by atoms with Crippen LogP contribution in [0.5, 0.6) is 0 Å². The largest absolute Gasteiger partial charge is 0.343 e. The molecule has 0 atom stereocenters. The standard InChI is InChI=1S/C28H25ClN4O3S2/c1-3-21-6-8-22(9-7-21)14-16-33(18-23-10-12-25(29)13-11-23)28-31-26(20(2)37-28)27(34)32-38(35,36)19-24-5-4-15-30-17-24/h1,4-13,15,17H,14,16,18-19H2,2H3,(H,32,34). The molecule has 2 heterocycles. The third kappa shape index (κ3) is 7.42. The number of hydrogen-bond acceptors (Lipinski definition) is 7. The zero-order valence-corrected chi connectivity index (χ0v) is 23.0. The van der Waals surface area contributed by atoms with Crippen LogP contribution < -0.4 is 9.62 Å². The van der Waals surface area contributed by atoms with Gasteiger partial charge in [0.25, 0.3) is 5.91 Å². The van der Waals surface area contributed by atoms with Crippen LogP contribution in [0, 0.1) is 19.3 Å². The van der Waals surface area contributed by atoms with Gasteiger partial charge in [0.1, 0.15) is 5.69 Å². The molecule has 0 fully saturated rings. The SMILES string of the molecule is C#Cc1ccc(CCN(Cc2ccc(Cl)cc2)c2nc(C(=O)NS(=O)(=O)Cc3cccnc3)c(C)s2)cc1. The molecule has 0 bridgehead atoms. The molecule has 0 unspecified atom stereocenters. The monoisotopic (exact) mass is 564 g/mol. The number of benzene rings is 2. The highest BCUT2D eigenvalue weighted by atomic mass is 35.5. The second-order valence-electron chi connectivity index (χ2n) is 8.59. The van der Waals surface area contributed by atoms with Crippen molar-refractivity contribution in [3.63, 3.8) is 0 Å². The number of carbonyl (C=O) groups is 1. The highest BCUT2D eigenvalue weighted by Gasteiger charge is 2.23. The third-order valence-electron chi connectivity index (χ3n) is 5.68. The number of halogens is 1. The van der Waals surface area contributed by atoms with E-state index in [0.717, 1.165) is 23.1 Å². The molecule has 4 aromatic rings. The number of aryl methyl sites for hydroxylation is 1. The lowest BCUT2D eigenvalue weighted by atomic mass is 10.1. The Hall–Kier alpha value is -3.71. The number of terminal acetylenes is 1. The van der Waals surface area contributed by atoms with E-state index in [9.17, 15) is 13.2 Å². The number of carbonyl (C=O) groups excluding carboxylic acids is 1. The average Bonchev–Trinajstić information content (AvgIpc) is 3.29. The lowest BCUT2D eigenvalue weighted by Gasteiger charge is -2.22. The quantitative estimate of drug-likeness (QED) is 0.273. The summed E-state index contributed by atoms with van der Waals surface area (Å²) >= 11 is 7.40. The Bertz CT molecular complexity index is 1550. The molecule has 0 saturated heterocycles. The molecule has 1 amide bonds. The average molecular weight is 565 g/mol. The van der Waals surface area contributed by atoms with Gasteiger partial charge >= 0.3 is 0 Å². The molecule has 0 aliphatic rings. The first-order valence-corrected chi connectivity index (χ1v) is 14.5. The summed E-state index contributed by atoms with van der Waals surface area (Å²) < 4.78 is 27.3. The van der Waals surface area contributed by atoms with Crippen molar-refractivity contribution in [3.8, 4) is 12.3 Å². The summed E-state index contributed by atoms with van der Waals surface area (Å²) in [7, 11) is -3.93. The number of sulfonamides is 1. The fourth-order valence-electron chi connectivity index (χ4n) is 3.74. The van der Waals surface area contributed by atoms with E-state index in [1.807, 2.05) is 48.5 Å². The van der Waals surface area contributed by atoms with E-state index in [4.69, 9.17) is 18.0 Å². The molecular formula is C28H25ClN4O3S2. The molecule has 38 heavy (non-hydrogen) atoms. The summed E-state index contributed by atoms with van der Waals surface area (Å²) in [5.41, 5.74) is 3.51. The van der Waals surface area contributed by atoms with Gasteiger partial charge in [-0.2, -0.15) is 0 Å². The van der Waals surface area contributed by atoms with Crippen molar-refractivity contribution in [2.45, 2.75) is 25.6 Å². The Morgan fingerprint density at radius 1 is 1.08 bits per heavy atom. The summed E-state index contributed by atoms with van der Waals surface area (Å²) in [4.78, 5) is 24.1. The van der Waals surface area contributed by atoms with Crippen LogP contribution in [-0.2, 0) is 28.7 Å². The molecule has 2 aromatic carbocycles. The molecule has 0 radical (unpaired) electrons. The molecule has 10 heteroatoms. The van der Waals surface area contributed by atoms with E-state index in [1.54, 1.807) is 25.3 Å². The van der Waals surface area contributed by atoms with Crippen LogP contribution >= 0.6 is 22.9 Å². The van der Waals surface area contributed by atoms with Crippen LogP contribution in [0.1, 0.15) is 37.6 Å². The van der Waals surface area contributed by atoms with Gasteiger partial charge in [0.15, 0.2) is 5.13 Å². The first kappa shape index (κ1) is 27.3. The van der Waals surface area contributed by atoms with Crippen LogP contribution in [0.3, 0.4) is 0 Å². The number of hydrogen-bond donors (Lipinski definition) is 1. The highest BCUT2D eigenvalue weighted by molar-refractivity contribution is 7.89. The lowest BCUT2D eigenvalue weighted by Crippen LogP contribution is -2.32. The van der Waals surface area contributed by atoms with E-state index in [1.165, 1.54) is 17.5 Å². The van der Waals surface area contributed by atoms with Gasteiger partial charge in [-0.15, -0.1) is 17.8 Å². The van der Waals surface area contributed by atoms with Gasteiger partial charge in [0.05, 0.1) is 5.75 Å². The Kier molecular flexibility index (Phi) is 8.79. The lowest BCUT2D eigenvalue weighted by molar-refractivity contribution is 0.0976. The number of nitrogens with zero attached hydrogens (tertiary/aromatic N) is 3. The van der Waals surface area contributed by atoms with E-state index in [2.05, 4.69) is 25.5 Å². The van der Waals surface area contributed by atoms with Gasteiger partial charge in [-0.3, -0.25) is 9.78 Å². The number of thiazole rings is 1. The van der Waals surface area contributed by atoms with E-state index in [-0.39, 0.29) is 11.4 Å². The van der Waals surface area contributed by atoms with Gasteiger partial charge in [-0.05, 0) is 60.4 Å². The minimum atomic E-state index is -3.93. The molecule has 0 saturated carbocycles. The van der Waals surface area contributed by atoms with Crippen molar-refractivity contribution in [3.05, 3.63) is 111 Å². The van der Waals surface area contributed by atoms with Gasteiger partial charge in [0, 0.05) is 40.9 Å². The number of amides is 1. The number of pyridine rings is 1. The van der Waals surface area contributed by atoms with Crippen molar-refractivity contribution in [1.82, 2.24) is 14.7 Å². The fraction of sp³-hybridized carbons (Fsp3) is 0.179. The number of anilines is 1. The zero-order valence-electron chi connectivity index (χ0n) is 20.6. The minimum absolute atomic E-state index is 0.0826. The van der Waals surface area contributed by atoms with Gasteiger partial charge in [0.2, 0.25) is 10.0 Å². The fourth-order valence-corrected chi connectivity index (χ4v) is 5.86. The molecule has 1 N–H and O–H groups in total. The van der Waals surface area contributed by atoms with E-state index < -0.39 is 15.9 Å². The highest BCUT2D eigenvalue weighted by Crippen LogP contribution is 2.28. The van der Waals surface area contributed by atoms with Crippen molar-refractivity contribution >= 4 is 44.0 Å². The minimum Gasteiger partial charge on any atom is -0.343 e. The second-order valence-corrected chi connectivity index (χ2v) is 11.9. The maximum Gasteiger partial charge on any atom is 0.284 e. The summed E-state index contributed by atoms with van der Waals surface area (Å²) in [5.74, 6) is 1.50. The van der Waals surface area contributed by atoms with Crippen molar-refractivity contribution in [1.29, 1.82) is 0 Å². The first-order chi connectivity index (χ1) is 18.2. The molecule has 7 nitrogen and oxygen atoms in total. The molecule has 0 spiro atoms. The van der Waals surface area contributed by atoms with E-state index >= 15 is 0 Å². The predicted molar refractivity (Wildman–Crippen MR) is 152 cm³/mol. The normalized spacial score (nSPS) is 11.1. The Labute approximate surface area is 231 Å². The third-order valence-corrected chi connectivity index (χ3v) is 8.17. The number of aromatic nitrogens is 2. The molecule has 4 rings (SSSR count). The molecule has 0 aliphatic heterocycles. The Morgan fingerprint density at radius 3 is 2.45 bits per heavy atom. The van der Waals surface area contributed by atoms with Gasteiger partial charge in [-0.1, -0.05) is 47.9 Å². The van der Waals surface area contributed by atoms with Crippen LogP contribution in [0.2, 0.25) is 5.02 Å². The molecule has 2 aromatic heterocycles. The van der Waals surface area contributed by atoms with Crippen LogP contribution in [0.4, 0.5) is 5.13 Å². The van der Waals surface area contributed by atoms with Crippen LogP contribution in [0.15, 0.2) is 73.1 Å². The second kappa shape index (κ2) is 12.2. The van der Waals surface area contributed by atoms with E-state index in [0.29, 0.717) is 33.7 Å². The number of rotatable bonds is 10. The van der Waals surface area contributed by atoms with Gasteiger partial charge < -0.3 is 4.90 Å². The summed E-state index contributed by atoms with van der Waals surface area (Å²) in [6, 6.07) is 18.6. The van der Waals surface area contributed by atoms with Crippen molar-refractivity contribution < 1.29 is 13.2 Å². The summed E-state index contributed by atoms with van der Waals surface area (Å²) in [6.45, 7) is 2.90. The Morgan fingerprint density at radius 2 is 1.79 bits per heavy atom. The first-order valence-electron chi connectivity index (χ1n) is 11.7. The molecule has 194 valence electrons. The van der Waals surface area contributed by atoms with Crippen molar-refractivity contribution in [2.24, 2.45) is 0 Å². The summed E-state index contributed by atoms with van der Waals surface area (Å²) in [6.07, 6.45) is 9.19. The van der Waals surface area contributed by atoms with Crippen molar-refractivity contribution in [2.75, 3.05) is 11.4 Å². The maximum atomic E-state index is 12.9. The molecular weight excluding hydrogens is 540 g/mol. The number of nitrogens with one attached hydrogen (secondary N) is 1. The Balaban J connectivity index is 1.53.